The van der Waals surface area contributed by atoms with E-state index >= 15 is 0 Å². The Balaban J connectivity index is 1.77. The van der Waals surface area contributed by atoms with Gasteiger partial charge >= 0.3 is 0 Å². The fourth-order valence-corrected chi connectivity index (χ4v) is 3.72. The van der Waals surface area contributed by atoms with Crippen molar-refractivity contribution in [2.75, 3.05) is 5.32 Å². The van der Waals surface area contributed by atoms with E-state index < -0.39 is 5.25 Å². The first-order valence-corrected chi connectivity index (χ1v) is 10.2. The van der Waals surface area contributed by atoms with Crippen LogP contribution in [-0.2, 0) is 11.3 Å². The minimum Gasteiger partial charge on any atom is -0.461 e. The Labute approximate surface area is 176 Å². The summed E-state index contributed by atoms with van der Waals surface area (Å²) in [6.07, 6.45) is 3.02. The minimum atomic E-state index is -0.451. The van der Waals surface area contributed by atoms with E-state index in [-0.39, 0.29) is 16.7 Å². The molecule has 0 radical (unpaired) electrons. The lowest BCUT2D eigenvalue weighted by Crippen LogP contribution is -2.24. The highest BCUT2D eigenvalue weighted by atomic mass is 35.5. The predicted molar refractivity (Wildman–Crippen MR) is 111 cm³/mol. The number of nitrogens with one attached hydrogen (secondary N) is 1. The van der Waals surface area contributed by atoms with Gasteiger partial charge in [0.15, 0.2) is 22.6 Å². The van der Waals surface area contributed by atoms with Crippen molar-refractivity contribution >= 4 is 46.7 Å². The molecule has 0 saturated heterocycles. The number of furan rings is 1. The molecule has 0 spiro atoms. The van der Waals surface area contributed by atoms with E-state index in [9.17, 15) is 4.79 Å². The van der Waals surface area contributed by atoms with Crippen molar-refractivity contribution in [3.63, 3.8) is 0 Å². The number of aromatic nitrogens is 4. The van der Waals surface area contributed by atoms with Crippen molar-refractivity contribution in [2.45, 2.75) is 37.7 Å². The number of hydrogen-bond donors (Lipinski definition) is 1. The maximum Gasteiger partial charge on any atom is 0.238 e. The van der Waals surface area contributed by atoms with E-state index in [1.54, 1.807) is 19.3 Å². The molecule has 10 heteroatoms. The molecule has 0 aliphatic rings. The number of rotatable bonds is 7. The zero-order valence-corrected chi connectivity index (χ0v) is 17.8. The van der Waals surface area contributed by atoms with Gasteiger partial charge in [0, 0.05) is 12.7 Å². The Morgan fingerprint density at radius 3 is 2.75 bits per heavy atom. The van der Waals surface area contributed by atoms with Crippen LogP contribution in [0.1, 0.15) is 20.8 Å². The average Bonchev–Trinajstić information content (AvgIpc) is 3.27. The van der Waals surface area contributed by atoms with Crippen LogP contribution in [0.5, 0.6) is 0 Å². The number of amides is 1. The molecule has 0 bridgehead atoms. The monoisotopic (exact) mass is 439 g/mol. The lowest BCUT2D eigenvalue weighted by Gasteiger charge is -2.14. The van der Waals surface area contributed by atoms with Crippen LogP contribution < -0.4 is 5.32 Å². The number of halogens is 2. The number of anilines is 1. The van der Waals surface area contributed by atoms with Crippen LogP contribution in [0, 0.1) is 5.92 Å². The van der Waals surface area contributed by atoms with Gasteiger partial charge < -0.3 is 9.73 Å². The van der Waals surface area contributed by atoms with Crippen LogP contribution in [0.2, 0.25) is 10.0 Å². The third-order valence-corrected chi connectivity index (χ3v) is 5.28. The van der Waals surface area contributed by atoms with Crippen molar-refractivity contribution in [1.29, 1.82) is 0 Å². The summed E-state index contributed by atoms with van der Waals surface area (Å²) in [5, 5.41) is 12.1. The number of thioether (sulfide) groups is 1. The summed E-state index contributed by atoms with van der Waals surface area (Å²) < 4.78 is 7.43. The van der Waals surface area contributed by atoms with Crippen LogP contribution in [0.25, 0.3) is 11.6 Å². The molecule has 3 aromatic heterocycles. The SMILES string of the molecule is CC(C)Cn1c(SC(C)C(=O)Nc2ncc(Cl)cc2Cl)nnc1-c1ccco1. The van der Waals surface area contributed by atoms with E-state index in [1.807, 2.05) is 10.6 Å². The topological polar surface area (TPSA) is 85.8 Å². The first kappa shape index (κ1) is 20.7. The quantitative estimate of drug-likeness (QED) is 0.520. The summed E-state index contributed by atoms with van der Waals surface area (Å²) in [4.78, 5) is 16.6. The van der Waals surface area contributed by atoms with E-state index in [4.69, 9.17) is 27.6 Å². The molecular weight excluding hydrogens is 421 g/mol. The molecule has 7 nitrogen and oxygen atoms in total. The normalized spacial score (nSPS) is 12.4. The molecule has 3 heterocycles. The molecule has 3 rings (SSSR count). The second-order valence-electron chi connectivity index (χ2n) is 6.52. The molecule has 0 aliphatic heterocycles. The first-order valence-electron chi connectivity index (χ1n) is 8.60. The summed E-state index contributed by atoms with van der Waals surface area (Å²) in [6, 6.07) is 5.16. The Kier molecular flexibility index (Phi) is 6.64. The van der Waals surface area contributed by atoms with Gasteiger partial charge in [-0.2, -0.15) is 0 Å². The van der Waals surface area contributed by atoms with E-state index in [1.165, 1.54) is 24.0 Å². The number of nitrogens with zero attached hydrogens (tertiary/aromatic N) is 4. The first-order chi connectivity index (χ1) is 13.3. The fourth-order valence-electron chi connectivity index (χ4n) is 2.43. The van der Waals surface area contributed by atoms with Gasteiger partial charge in [0.05, 0.1) is 21.6 Å². The highest BCUT2D eigenvalue weighted by Crippen LogP contribution is 2.29. The number of hydrogen-bond acceptors (Lipinski definition) is 6. The van der Waals surface area contributed by atoms with Gasteiger partial charge in [-0.05, 0) is 31.0 Å². The van der Waals surface area contributed by atoms with Crippen molar-refractivity contribution < 1.29 is 9.21 Å². The lowest BCUT2D eigenvalue weighted by atomic mass is 10.2. The molecule has 148 valence electrons. The molecule has 1 amide bonds. The Bertz CT molecular complexity index is 959. The minimum absolute atomic E-state index is 0.250. The molecule has 1 N–H and O–H groups in total. The zero-order valence-electron chi connectivity index (χ0n) is 15.5. The largest absolute Gasteiger partial charge is 0.461 e. The van der Waals surface area contributed by atoms with Crippen molar-refractivity contribution in [3.05, 3.63) is 40.7 Å². The fraction of sp³-hybridized carbons (Fsp3) is 0.333. The second-order valence-corrected chi connectivity index (χ2v) is 8.67. The molecule has 1 unspecified atom stereocenters. The van der Waals surface area contributed by atoms with Gasteiger partial charge in [0.1, 0.15) is 0 Å². The van der Waals surface area contributed by atoms with Crippen molar-refractivity contribution in [1.82, 2.24) is 19.7 Å². The van der Waals surface area contributed by atoms with Crippen LogP contribution in [0.4, 0.5) is 5.82 Å². The van der Waals surface area contributed by atoms with E-state index in [0.717, 1.165) is 0 Å². The number of pyridine rings is 1. The van der Waals surface area contributed by atoms with Gasteiger partial charge in [-0.25, -0.2) is 4.98 Å². The van der Waals surface area contributed by atoms with Gasteiger partial charge in [-0.15, -0.1) is 10.2 Å². The summed E-state index contributed by atoms with van der Waals surface area (Å²) >= 11 is 13.2. The zero-order chi connectivity index (χ0) is 20.3. The van der Waals surface area contributed by atoms with Crippen LogP contribution >= 0.6 is 35.0 Å². The molecule has 28 heavy (non-hydrogen) atoms. The summed E-state index contributed by atoms with van der Waals surface area (Å²) in [6.45, 7) is 6.68. The molecule has 0 aromatic carbocycles. The Morgan fingerprint density at radius 1 is 1.32 bits per heavy atom. The highest BCUT2D eigenvalue weighted by Gasteiger charge is 2.23. The number of carbonyl (C=O) groups excluding carboxylic acids is 1. The predicted octanol–water partition coefficient (Wildman–Crippen LogP) is 5.02. The Morgan fingerprint density at radius 2 is 2.11 bits per heavy atom. The summed E-state index contributed by atoms with van der Waals surface area (Å²) in [5.74, 6) is 1.65. The van der Waals surface area contributed by atoms with E-state index in [0.29, 0.717) is 34.2 Å². The van der Waals surface area contributed by atoms with Gasteiger partial charge in [-0.3, -0.25) is 9.36 Å². The standard InChI is InChI=1S/C18H19Cl2N5O2S/c1-10(2)9-25-16(14-5-4-6-27-14)23-24-18(25)28-11(3)17(26)22-15-13(20)7-12(19)8-21-15/h4-8,10-11H,9H2,1-3H3,(H,21,22,26). The summed E-state index contributed by atoms with van der Waals surface area (Å²) in [7, 11) is 0. The smallest absolute Gasteiger partial charge is 0.238 e. The third kappa shape index (κ3) is 4.87. The van der Waals surface area contributed by atoms with Gasteiger partial charge in [-0.1, -0.05) is 48.8 Å². The van der Waals surface area contributed by atoms with Gasteiger partial charge in [0.2, 0.25) is 5.91 Å². The van der Waals surface area contributed by atoms with Crippen molar-refractivity contribution in [2.24, 2.45) is 5.92 Å². The van der Waals surface area contributed by atoms with E-state index in [2.05, 4.69) is 34.3 Å². The molecule has 0 saturated carbocycles. The second kappa shape index (κ2) is 8.98. The van der Waals surface area contributed by atoms with Crippen LogP contribution in [-0.4, -0.2) is 30.9 Å². The molecule has 0 fully saturated rings. The maximum atomic E-state index is 12.6. The van der Waals surface area contributed by atoms with Crippen LogP contribution in [0.15, 0.2) is 40.2 Å². The van der Waals surface area contributed by atoms with Crippen LogP contribution in [0.3, 0.4) is 0 Å². The average molecular weight is 440 g/mol. The highest BCUT2D eigenvalue weighted by molar-refractivity contribution is 8.00. The maximum absolute atomic E-state index is 12.6. The molecule has 0 aliphatic carbocycles. The molecule has 3 aromatic rings. The molecular formula is C18H19Cl2N5O2S. The number of carbonyl (C=O) groups is 1. The van der Waals surface area contributed by atoms with Gasteiger partial charge in [0.25, 0.3) is 0 Å². The summed E-state index contributed by atoms with van der Waals surface area (Å²) in [5.41, 5.74) is 0. The Hall–Kier alpha value is -2.03. The van der Waals surface area contributed by atoms with Crippen molar-refractivity contribution in [3.8, 4) is 11.6 Å². The third-order valence-electron chi connectivity index (χ3n) is 3.71. The lowest BCUT2D eigenvalue weighted by molar-refractivity contribution is -0.115. The molecule has 1 atom stereocenters.